The standard InChI is InChI=1S/C23H29N3O5/c1-4-31-18-10-7-14(11-19(18)30-3)17-12-16(23(27)28)20-21(25-26-22(20)24-17)13-5-8-15(29-2)9-6-13/h5-11,16-17,20-22,24-26H,4,12H2,1-3H3,(H,27,28). The Balaban J connectivity index is 1.59. The minimum Gasteiger partial charge on any atom is -0.497 e. The number of hydrogen-bond donors (Lipinski definition) is 4. The fourth-order valence-electron chi connectivity index (χ4n) is 4.67. The van der Waals surface area contributed by atoms with Gasteiger partial charge in [-0.2, -0.15) is 0 Å². The second-order valence-electron chi connectivity index (χ2n) is 7.84. The molecule has 4 N–H and O–H groups in total. The van der Waals surface area contributed by atoms with Gasteiger partial charge in [0.2, 0.25) is 0 Å². The van der Waals surface area contributed by atoms with Crippen LogP contribution in [0.4, 0.5) is 0 Å². The van der Waals surface area contributed by atoms with Crippen molar-refractivity contribution in [1.82, 2.24) is 16.2 Å². The predicted molar refractivity (Wildman–Crippen MR) is 115 cm³/mol. The van der Waals surface area contributed by atoms with E-state index < -0.39 is 11.9 Å². The number of carbonyl (C=O) groups is 1. The van der Waals surface area contributed by atoms with E-state index in [-0.39, 0.29) is 24.2 Å². The molecule has 2 aliphatic heterocycles. The number of carboxylic acids is 1. The van der Waals surface area contributed by atoms with Crippen LogP contribution in [0.3, 0.4) is 0 Å². The van der Waals surface area contributed by atoms with Crippen molar-refractivity contribution in [2.24, 2.45) is 11.8 Å². The summed E-state index contributed by atoms with van der Waals surface area (Å²) in [5.74, 6) is 0.632. The molecular weight excluding hydrogens is 398 g/mol. The molecule has 2 aliphatic rings. The van der Waals surface area contributed by atoms with Gasteiger partial charge in [0.25, 0.3) is 0 Å². The normalized spacial score (nSPS) is 27.4. The SMILES string of the molecule is CCOc1ccc(C2CC(C(=O)O)C3C(NNC3c3ccc(OC)cc3)N2)cc1OC. The maximum absolute atomic E-state index is 12.3. The zero-order valence-electron chi connectivity index (χ0n) is 17.9. The van der Waals surface area contributed by atoms with Gasteiger partial charge in [-0.3, -0.25) is 10.1 Å². The Kier molecular flexibility index (Phi) is 6.31. The molecule has 31 heavy (non-hydrogen) atoms. The average Bonchev–Trinajstić information content (AvgIpc) is 3.23. The summed E-state index contributed by atoms with van der Waals surface area (Å²) in [7, 11) is 3.23. The molecule has 2 saturated heterocycles. The Hall–Kier alpha value is -2.81. The van der Waals surface area contributed by atoms with E-state index in [4.69, 9.17) is 14.2 Å². The number of aliphatic carboxylic acids is 1. The van der Waals surface area contributed by atoms with Gasteiger partial charge in [-0.05, 0) is 48.7 Å². The van der Waals surface area contributed by atoms with Gasteiger partial charge in [-0.1, -0.05) is 18.2 Å². The van der Waals surface area contributed by atoms with Crippen molar-refractivity contribution in [3.63, 3.8) is 0 Å². The van der Waals surface area contributed by atoms with Crippen LogP contribution in [-0.4, -0.2) is 38.1 Å². The first-order chi connectivity index (χ1) is 15.0. The number of nitrogens with one attached hydrogen (secondary N) is 3. The number of carboxylic acid groups (broad SMARTS) is 1. The minimum absolute atomic E-state index is 0.125. The lowest BCUT2D eigenvalue weighted by Gasteiger charge is -2.39. The largest absolute Gasteiger partial charge is 0.497 e. The fourth-order valence-corrected chi connectivity index (χ4v) is 4.67. The van der Waals surface area contributed by atoms with Crippen LogP contribution in [0.2, 0.25) is 0 Å². The van der Waals surface area contributed by atoms with E-state index >= 15 is 0 Å². The first-order valence-corrected chi connectivity index (χ1v) is 10.5. The maximum Gasteiger partial charge on any atom is 0.307 e. The summed E-state index contributed by atoms with van der Waals surface area (Å²) >= 11 is 0. The van der Waals surface area contributed by atoms with Gasteiger partial charge in [0.05, 0.1) is 39.0 Å². The van der Waals surface area contributed by atoms with Crippen molar-refractivity contribution in [3.05, 3.63) is 53.6 Å². The van der Waals surface area contributed by atoms with Crippen molar-refractivity contribution in [2.45, 2.75) is 31.6 Å². The summed E-state index contributed by atoms with van der Waals surface area (Å²) < 4.78 is 16.3. The molecule has 2 aromatic rings. The summed E-state index contributed by atoms with van der Waals surface area (Å²) in [4.78, 5) is 12.3. The quantitative estimate of drug-likeness (QED) is 0.535. The molecule has 166 valence electrons. The van der Waals surface area contributed by atoms with Crippen molar-refractivity contribution in [3.8, 4) is 17.2 Å². The Labute approximate surface area is 181 Å². The number of fused-ring (bicyclic) bond motifs is 1. The van der Waals surface area contributed by atoms with E-state index in [0.29, 0.717) is 24.5 Å². The molecule has 8 heteroatoms. The lowest BCUT2D eigenvalue weighted by Crippen LogP contribution is -2.53. The van der Waals surface area contributed by atoms with Gasteiger partial charge in [0, 0.05) is 12.0 Å². The number of ether oxygens (including phenoxy) is 3. The highest BCUT2D eigenvalue weighted by Crippen LogP contribution is 2.43. The summed E-state index contributed by atoms with van der Waals surface area (Å²) in [5, 5.41) is 13.6. The van der Waals surface area contributed by atoms with E-state index in [0.717, 1.165) is 16.9 Å². The van der Waals surface area contributed by atoms with Crippen LogP contribution in [0.25, 0.3) is 0 Å². The first-order valence-electron chi connectivity index (χ1n) is 10.5. The maximum atomic E-state index is 12.3. The molecular formula is C23H29N3O5. The van der Waals surface area contributed by atoms with Crippen LogP contribution in [0.5, 0.6) is 17.2 Å². The van der Waals surface area contributed by atoms with Gasteiger partial charge < -0.3 is 19.3 Å². The highest BCUT2D eigenvalue weighted by atomic mass is 16.5. The third-order valence-corrected chi connectivity index (χ3v) is 6.18. The number of benzene rings is 2. The average molecular weight is 428 g/mol. The molecule has 8 nitrogen and oxygen atoms in total. The van der Waals surface area contributed by atoms with E-state index in [1.807, 2.05) is 49.4 Å². The Morgan fingerprint density at radius 2 is 1.77 bits per heavy atom. The van der Waals surface area contributed by atoms with Gasteiger partial charge in [0.1, 0.15) is 5.75 Å². The van der Waals surface area contributed by atoms with Crippen molar-refractivity contribution >= 4 is 5.97 Å². The fraction of sp³-hybridized carbons (Fsp3) is 0.435. The minimum atomic E-state index is -0.789. The molecule has 2 fully saturated rings. The second kappa shape index (κ2) is 9.13. The molecule has 0 bridgehead atoms. The van der Waals surface area contributed by atoms with Crippen LogP contribution < -0.4 is 30.4 Å². The van der Waals surface area contributed by atoms with Crippen LogP contribution in [-0.2, 0) is 4.79 Å². The lowest BCUT2D eigenvalue weighted by atomic mass is 9.75. The monoisotopic (exact) mass is 427 g/mol. The summed E-state index contributed by atoms with van der Waals surface area (Å²) in [6.45, 7) is 2.47. The molecule has 4 rings (SSSR count). The summed E-state index contributed by atoms with van der Waals surface area (Å²) in [6, 6.07) is 13.2. The molecule has 0 radical (unpaired) electrons. The number of hydrazine groups is 1. The molecule has 0 amide bonds. The third-order valence-electron chi connectivity index (χ3n) is 6.18. The van der Waals surface area contributed by atoms with Crippen LogP contribution in [0.1, 0.15) is 36.6 Å². The van der Waals surface area contributed by atoms with Gasteiger partial charge in [0.15, 0.2) is 11.5 Å². The highest BCUT2D eigenvalue weighted by Gasteiger charge is 2.49. The van der Waals surface area contributed by atoms with Crippen LogP contribution >= 0.6 is 0 Å². The van der Waals surface area contributed by atoms with Gasteiger partial charge in [-0.15, -0.1) is 0 Å². The van der Waals surface area contributed by atoms with Crippen molar-refractivity contribution in [2.75, 3.05) is 20.8 Å². The molecule has 5 atom stereocenters. The van der Waals surface area contributed by atoms with E-state index in [1.165, 1.54) is 0 Å². The zero-order valence-corrected chi connectivity index (χ0v) is 17.9. The van der Waals surface area contributed by atoms with E-state index in [1.54, 1.807) is 14.2 Å². The Morgan fingerprint density at radius 1 is 1.03 bits per heavy atom. The number of piperidine rings is 1. The number of methoxy groups -OCH3 is 2. The number of hydrogen-bond acceptors (Lipinski definition) is 7. The van der Waals surface area contributed by atoms with Crippen molar-refractivity contribution < 1.29 is 24.1 Å². The van der Waals surface area contributed by atoms with E-state index in [2.05, 4.69) is 16.2 Å². The van der Waals surface area contributed by atoms with Gasteiger partial charge in [-0.25, -0.2) is 10.9 Å². The predicted octanol–water partition coefficient (Wildman–Crippen LogP) is 2.63. The molecule has 5 unspecified atom stereocenters. The molecule has 0 spiro atoms. The van der Waals surface area contributed by atoms with Crippen LogP contribution in [0.15, 0.2) is 42.5 Å². The van der Waals surface area contributed by atoms with E-state index in [9.17, 15) is 9.90 Å². The Morgan fingerprint density at radius 3 is 2.42 bits per heavy atom. The zero-order chi connectivity index (χ0) is 22.0. The first kappa shape index (κ1) is 21.4. The third kappa shape index (κ3) is 4.19. The Bertz CT molecular complexity index is 920. The molecule has 0 aliphatic carbocycles. The molecule has 0 aromatic heterocycles. The van der Waals surface area contributed by atoms with Crippen LogP contribution in [0, 0.1) is 11.8 Å². The van der Waals surface area contributed by atoms with Crippen molar-refractivity contribution in [1.29, 1.82) is 0 Å². The molecule has 2 heterocycles. The second-order valence-corrected chi connectivity index (χ2v) is 7.84. The molecule has 2 aromatic carbocycles. The lowest BCUT2D eigenvalue weighted by molar-refractivity contribution is -0.146. The number of rotatable bonds is 7. The topological polar surface area (TPSA) is 101 Å². The van der Waals surface area contributed by atoms with Gasteiger partial charge >= 0.3 is 5.97 Å². The molecule has 0 saturated carbocycles. The summed E-state index contributed by atoms with van der Waals surface area (Å²) in [6.07, 6.45) is 0.286. The summed E-state index contributed by atoms with van der Waals surface area (Å²) in [5.41, 5.74) is 8.56. The highest BCUT2D eigenvalue weighted by molar-refractivity contribution is 5.71. The smallest absolute Gasteiger partial charge is 0.307 e.